The van der Waals surface area contributed by atoms with E-state index in [0.717, 1.165) is 84.7 Å². The van der Waals surface area contributed by atoms with E-state index in [1.165, 1.54) is 9.80 Å². The van der Waals surface area contributed by atoms with Gasteiger partial charge < -0.3 is 0 Å². The van der Waals surface area contributed by atoms with E-state index < -0.39 is 0 Å². The lowest BCUT2D eigenvalue weighted by Gasteiger charge is -2.36. The topological polar surface area (TPSA) is 74.8 Å². The molecule has 0 aromatic heterocycles. The summed E-state index contributed by atoms with van der Waals surface area (Å²) < 4.78 is 0. The standard InChI is InChI=1S/C46H54N2O4/c1-9-13-21-31(11-3)25-47-43(49)35-23-34(38-29(7)19-16-20-30(38)8)42-40-36(44(50)48(46(42)52)26-32(12-4)22-14-10-2)24-33(41(39(35)40)45(47)51)37-27(5)17-15-18-28(37)6/h15-20,23-24,31-32H,9-14,21-22,25-26H2,1-8H3. The van der Waals surface area contributed by atoms with Gasteiger partial charge in [-0.25, -0.2) is 0 Å². The van der Waals surface area contributed by atoms with E-state index in [2.05, 4.69) is 27.7 Å². The summed E-state index contributed by atoms with van der Waals surface area (Å²) in [5.41, 5.74) is 8.55. The van der Waals surface area contributed by atoms with E-state index in [0.29, 0.717) is 57.2 Å². The van der Waals surface area contributed by atoms with Crippen molar-refractivity contribution in [3.8, 4) is 22.3 Å². The molecule has 6 rings (SSSR count). The van der Waals surface area contributed by atoms with Gasteiger partial charge in [0.05, 0.1) is 11.1 Å². The van der Waals surface area contributed by atoms with Crippen LogP contribution in [0.1, 0.15) is 143 Å². The van der Waals surface area contributed by atoms with Crippen LogP contribution in [0.25, 0.3) is 33.0 Å². The van der Waals surface area contributed by atoms with Crippen molar-refractivity contribution in [1.82, 2.24) is 9.80 Å². The molecule has 272 valence electrons. The van der Waals surface area contributed by atoms with Crippen LogP contribution in [-0.4, -0.2) is 46.5 Å². The number of amides is 4. The van der Waals surface area contributed by atoms with Gasteiger partial charge in [0.2, 0.25) is 0 Å². The quantitative estimate of drug-likeness (QED) is 0.123. The normalized spacial score (nSPS) is 15.2. The number of hydrogen-bond acceptors (Lipinski definition) is 4. The lowest BCUT2D eigenvalue weighted by atomic mass is 9.77. The van der Waals surface area contributed by atoms with Crippen molar-refractivity contribution >= 4 is 34.4 Å². The Labute approximate surface area is 309 Å². The second-order valence-electron chi connectivity index (χ2n) is 15.3. The first-order valence-electron chi connectivity index (χ1n) is 19.5. The molecule has 0 saturated carbocycles. The van der Waals surface area contributed by atoms with Crippen molar-refractivity contribution in [3.63, 3.8) is 0 Å². The van der Waals surface area contributed by atoms with Crippen LogP contribution in [0, 0.1) is 39.5 Å². The minimum atomic E-state index is -0.357. The monoisotopic (exact) mass is 698 g/mol. The van der Waals surface area contributed by atoms with Crippen molar-refractivity contribution in [2.24, 2.45) is 11.8 Å². The van der Waals surface area contributed by atoms with Gasteiger partial charge in [-0.1, -0.05) is 103 Å². The van der Waals surface area contributed by atoms with Crippen LogP contribution in [0.2, 0.25) is 0 Å². The highest BCUT2D eigenvalue weighted by molar-refractivity contribution is 6.36. The van der Waals surface area contributed by atoms with Gasteiger partial charge in [0, 0.05) is 35.0 Å². The second kappa shape index (κ2) is 15.2. The Bertz CT molecular complexity index is 1900. The third kappa shape index (κ3) is 6.28. The number of nitrogens with zero attached hydrogens (tertiary/aromatic N) is 2. The summed E-state index contributed by atoms with van der Waals surface area (Å²) in [6.45, 7) is 17.3. The smallest absolute Gasteiger partial charge is 0.262 e. The summed E-state index contributed by atoms with van der Waals surface area (Å²) in [5, 5.41) is 0.875. The molecule has 4 amide bonds. The number of benzene rings is 4. The van der Waals surface area contributed by atoms with Gasteiger partial charge in [0.15, 0.2) is 0 Å². The lowest BCUT2D eigenvalue weighted by molar-refractivity contribution is 0.0559. The summed E-state index contributed by atoms with van der Waals surface area (Å²) in [6.07, 6.45) is 7.69. The Kier molecular flexibility index (Phi) is 10.9. The maximum atomic E-state index is 15.0. The van der Waals surface area contributed by atoms with Crippen molar-refractivity contribution in [2.75, 3.05) is 13.1 Å². The van der Waals surface area contributed by atoms with E-state index in [1.54, 1.807) is 0 Å². The Morgan fingerprint density at radius 2 is 0.827 bits per heavy atom. The van der Waals surface area contributed by atoms with E-state index in [9.17, 15) is 19.2 Å². The molecule has 0 saturated heterocycles. The van der Waals surface area contributed by atoms with Crippen LogP contribution < -0.4 is 0 Å². The molecule has 6 heteroatoms. The summed E-state index contributed by atoms with van der Waals surface area (Å²) >= 11 is 0. The molecule has 2 atom stereocenters. The Balaban J connectivity index is 1.73. The first-order chi connectivity index (χ1) is 25.0. The molecule has 0 N–H and O–H groups in total. The zero-order chi connectivity index (χ0) is 37.4. The number of unbranched alkanes of at least 4 members (excludes halogenated alkanes) is 2. The van der Waals surface area contributed by atoms with E-state index in [4.69, 9.17) is 0 Å². The molecule has 52 heavy (non-hydrogen) atoms. The number of rotatable bonds is 14. The molecule has 0 spiro atoms. The van der Waals surface area contributed by atoms with E-state index >= 15 is 0 Å². The third-order valence-electron chi connectivity index (χ3n) is 11.7. The number of carbonyl (C=O) groups excluding carboxylic acids is 4. The van der Waals surface area contributed by atoms with Crippen molar-refractivity contribution < 1.29 is 19.2 Å². The fourth-order valence-corrected chi connectivity index (χ4v) is 8.72. The molecule has 0 aliphatic carbocycles. The van der Waals surface area contributed by atoms with E-state index in [-0.39, 0.29) is 35.5 Å². The molecule has 2 aliphatic rings. The molecule has 0 fully saturated rings. The number of imide groups is 2. The maximum Gasteiger partial charge on any atom is 0.262 e. The van der Waals surface area contributed by atoms with Crippen LogP contribution in [0.3, 0.4) is 0 Å². The van der Waals surface area contributed by atoms with Gasteiger partial charge in [0.1, 0.15) is 0 Å². The Hall–Kier alpha value is -4.58. The zero-order valence-corrected chi connectivity index (χ0v) is 32.4. The van der Waals surface area contributed by atoms with Crippen LogP contribution in [0.15, 0.2) is 48.5 Å². The molecule has 6 nitrogen and oxygen atoms in total. The van der Waals surface area contributed by atoms with Gasteiger partial charge >= 0.3 is 0 Å². The largest absolute Gasteiger partial charge is 0.274 e. The minimum Gasteiger partial charge on any atom is -0.274 e. The highest BCUT2D eigenvalue weighted by atomic mass is 16.2. The highest BCUT2D eigenvalue weighted by Gasteiger charge is 2.44. The van der Waals surface area contributed by atoms with Gasteiger partial charge in [-0.05, 0) is 109 Å². The zero-order valence-electron chi connectivity index (χ0n) is 32.4. The number of hydrogen-bond donors (Lipinski definition) is 0. The predicted octanol–water partition coefficient (Wildman–Crippen LogP) is 11.0. The average Bonchev–Trinajstić information content (AvgIpc) is 3.12. The summed E-state index contributed by atoms with van der Waals surface area (Å²) in [5.74, 6) is -1.08. The summed E-state index contributed by atoms with van der Waals surface area (Å²) in [4.78, 5) is 62.6. The van der Waals surface area contributed by atoms with Gasteiger partial charge in [-0.15, -0.1) is 0 Å². The Morgan fingerprint density at radius 1 is 0.481 bits per heavy atom. The van der Waals surface area contributed by atoms with Gasteiger partial charge in [-0.3, -0.25) is 29.0 Å². The lowest BCUT2D eigenvalue weighted by Crippen LogP contribution is -2.46. The van der Waals surface area contributed by atoms with E-state index in [1.807, 2.05) is 76.2 Å². The molecule has 0 bridgehead atoms. The highest BCUT2D eigenvalue weighted by Crippen LogP contribution is 2.48. The molecule has 2 aliphatic heterocycles. The fraction of sp³-hybridized carbons (Fsp3) is 0.435. The first kappa shape index (κ1) is 37.2. The minimum absolute atomic E-state index is 0.167. The van der Waals surface area contributed by atoms with Crippen LogP contribution in [0.4, 0.5) is 0 Å². The molecule has 4 aromatic carbocycles. The fourth-order valence-electron chi connectivity index (χ4n) is 8.72. The summed E-state index contributed by atoms with van der Waals surface area (Å²) in [7, 11) is 0. The Morgan fingerprint density at radius 3 is 1.13 bits per heavy atom. The average molecular weight is 699 g/mol. The molecule has 2 heterocycles. The van der Waals surface area contributed by atoms with Crippen molar-refractivity contribution in [1.29, 1.82) is 0 Å². The first-order valence-corrected chi connectivity index (χ1v) is 19.5. The predicted molar refractivity (Wildman–Crippen MR) is 211 cm³/mol. The SMILES string of the molecule is CCCCC(CC)CN1C(=O)c2cc(-c3c(C)cccc3C)c3c4c(cc(-c5c(C)cccc5C)c(c24)C1=O)C(=O)N(CC(CC)CCCC)C3=O. The third-order valence-corrected chi connectivity index (χ3v) is 11.7. The molecule has 0 radical (unpaired) electrons. The number of aryl methyl sites for hydroxylation is 4. The van der Waals surface area contributed by atoms with Gasteiger partial charge in [0.25, 0.3) is 23.6 Å². The van der Waals surface area contributed by atoms with Crippen LogP contribution in [0.5, 0.6) is 0 Å². The summed E-state index contributed by atoms with van der Waals surface area (Å²) in [6, 6.07) is 15.8. The molecule has 2 unspecified atom stereocenters. The van der Waals surface area contributed by atoms with Crippen LogP contribution in [-0.2, 0) is 0 Å². The molecule has 4 aromatic rings. The maximum absolute atomic E-state index is 15.0. The van der Waals surface area contributed by atoms with Crippen molar-refractivity contribution in [2.45, 2.75) is 107 Å². The number of carbonyl (C=O) groups is 4. The molecular weight excluding hydrogens is 645 g/mol. The second-order valence-corrected chi connectivity index (χ2v) is 15.3. The van der Waals surface area contributed by atoms with Crippen LogP contribution >= 0.6 is 0 Å². The van der Waals surface area contributed by atoms with Crippen molar-refractivity contribution in [3.05, 3.63) is 93.0 Å². The van der Waals surface area contributed by atoms with Gasteiger partial charge in [-0.2, -0.15) is 0 Å². The molecular formula is C46H54N2O4.